The van der Waals surface area contributed by atoms with Gasteiger partial charge in [-0.3, -0.25) is 9.69 Å². The second kappa shape index (κ2) is 8.75. The van der Waals surface area contributed by atoms with Crippen molar-refractivity contribution in [2.45, 2.75) is 0 Å². The lowest BCUT2D eigenvalue weighted by Gasteiger charge is -2.24. The summed E-state index contributed by atoms with van der Waals surface area (Å²) >= 11 is 0. The smallest absolute Gasteiger partial charge is 0.200 e. The third-order valence-corrected chi connectivity index (χ3v) is 4.67. The Bertz CT molecular complexity index is 1060. The number of ether oxygens (including phenoxy) is 2. The summed E-state index contributed by atoms with van der Waals surface area (Å²) in [7, 11) is 0. The molecular weight excluding hydrogens is 354 g/mol. The van der Waals surface area contributed by atoms with E-state index in [1.807, 2.05) is 30.3 Å². The fourth-order valence-corrected chi connectivity index (χ4v) is 3.11. The molecule has 0 spiro atoms. The summed E-state index contributed by atoms with van der Waals surface area (Å²) in [6.45, 7) is 4.40. The van der Waals surface area contributed by atoms with Gasteiger partial charge in [0.1, 0.15) is 24.2 Å². The van der Waals surface area contributed by atoms with Gasteiger partial charge in [0.25, 0.3) is 0 Å². The fraction of sp³-hybridized carbons (Fsp3) is 0.261. The highest BCUT2D eigenvalue weighted by Gasteiger charge is 2.10. The molecule has 5 heteroatoms. The van der Waals surface area contributed by atoms with Crippen molar-refractivity contribution in [2.24, 2.45) is 0 Å². The van der Waals surface area contributed by atoms with Gasteiger partial charge in [0.15, 0.2) is 5.43 Å². The van der Waals surface area contributed by atoms with Gasteiger partial charge < -0.3 is 13.9 Å². The first kappa shape index (κ1) is 18.3. The van der Waals surface area contributed by atoms with Crippen LogP contribution < -0.4 is 10.2 Å². The van der Waals surface area contributed by atoms with Crippen LogP contribution in [0.3, 0.4) is 0 Å². The van der Waals surface area contributed by atoms with E-state index < -0.39 is 0 Å². The van der Waals surface area contributed by atoms with Crippen LogP contribution in [0.1, 0.15) is 0 Å². The Kier molecular flexibility index (Phi) is 5.72. The summed E-state index contributed by atoms with van der Waals surface area (Å²) in [5.41, 5.74) is 1.84. The number of nitrogens with zero attached hydrogens (tertiary/aromatic N) is 1. The van der Waals surface area contributed by atoms with Crippen molar-refractivity contribution in [3.05, 3.63) is 65.0 Å². The Morgan fingerprint density at radius 1 is 1.04 bits per heavy atom. The first-order chi connectivity index (χ1) is 13.8. The maximum absolute atomic E-state index is 12.8. The van der Waals surface area contributed by atoms with Crippen molar-refractivity contribution in [1.82, 2.24) is 4.90 Å². The van der Waals surface area contributed by atoms with Crippen LogP contribution in [0.2, 0.25) is 0 Å². The van der Waals surface area contributed by atoms with E-state index in [1.54, 1.807) is 18.2 Å². The lowest BCUT2D eigenvalue weighted by atomic mass is 10.1. The number of rotatable bonds is 4. The van der Waals surface area contributed by atoms with Gasteiger partial charge in [0.2, 0.25) is 0 Å². The molecular formula is C23H21NO4. The highest BCUT2D eigenvalue weighted by molar-refractivity contribution is 5.82. The van der Waals surface area contributed by atoms with Crippen LogP contribution in [0.5, 0.6) is 5.75 Å². The molecule has 0 N–H and O–H groups in total. The molecule has 0 amide bonds. The van der Waals surface area contributed by atoms with Crippen LogP contribution in [0.15, 0.2) is 64.0 Å². The van der Waals surface area contributed by atoms with Crippen LogP contribution in [0.4, 0.5) is 0 Å². The standard InChI is InChI=1S/C23H21NO4/c25-23-20-9-8-19(27-13-5-4-10-24-11-14-26-15-12-24)16-22(20)28-17-21(23)18-6-2-1-3-7-18/h1-3,6-9,16-17H,10-15H2. The SMILES string of the molecule is O=c1c(-c2ccccc2)coc2cc(OCC#CCN3CCOCC3)ccc12. The Labute approximate surface area is 163 Å². The van der Waals surface area contributed by atoms with E-state index in [0.717, 1.165) is 38.4 Å². The molecule has 0 bridgehead atoms. The minimum absolute atomic E-state index is 0.0516. The molecule has 0 atom stereocenters. The van der Waals surface area contributed by atoms with Crippen LogP contribution in [-0.2, 0) is 4.74 Å². The molecule has 142 valence electrons. The zero-order chi connectivity index (χ0) is 19.2. The number of morpholine rings is 1. The second-order valence-electron chi connectivity index (χ2n) is 6.53. The quantitative estimate of drug-likeness (QED) is 0.656. The highest BCUT2D eigenvalue weighted by Crippen LogP contribution is 2.22. The fourth-order valence-electron chi connectivity index (χ4n) is 3.11. The van der Waals surface area contributed by atoms with E-state index in [-0.39, 0.29) is 5.43 Å². The van der Waals surface area contributed by atoms with Gasteiger partial charge in [-0.05, 0) is 17.7 Å². The molecule has 2 aromatic carbocycles. The molecule has 0 aliphatic carbocycles. The molecule has 1 aliphatic rings. The van der Waals surface area contributed by atoms with E-state index >= 15 is 0 Å². The monoisotopic (exact) mass is 375 g/mol. The normalized spacial score (nSPS) is 14.4. The molecule has 1 aliphatic heterocycles. The van der Waals surface area contributed by atoms with E-state index in [4.69, 9.17) is 13.9 Å². The molecule has 3 aromatic rings. The molecule has 2 heterocycles. The number of hydrogen-bond acceptors (Lipinski definition) is 5. The molecule has 0 radical (unpaired) electrons. The molecule has 5 nitrogen and oxygen atoms in total. The Morgan fingerprint density at radius 2 is 1.86 bits per heavy atom. The highest BCUT2D eigenvalue weighted by atomic mass is 16.5. The van der Waals surface area contributed by atoms with Crippen molar-refractivity contribution in [1.29, 1.82) is 0 Å². The Morgan fingerprint density at radius 3 is 2.68 bits per heavy atom. The maximum Gasteiger partial charge on any atom is 0.200 e. The summed E-state index contributed by atoms with van der Waals surface area (Å²) < 4.78 is 16.7. The average Bonchev–Trinajstić information content (AvgIpc) is 2.75. The minimum atomic E-state index is -0.0516. The van der Waals surface area contributed by atoms with Gasteiger partial charge in [-0.1, -0.05) is 42.2 Å². The number of fused-ring (bicyclic) bond motifs is 1. The molecule has 0 unspecified atom stereocenters. The van der Waals surface area contributed by atoms with Crippen LogP contribution in [0, 0.1) is 11.8 Å². The van der Waals surface area contributed by atoms with E-state index in [1.165, 1.54) is 6.26 Å². The zero-order valence-corrected chi connectivity index (χ0v) is 15.5. The predicted octanol–water partition coefficient (Wildman–Crippen LogP) is 3.17. The molecule has 1 aromatic heterocycles. The Hall–Kier alpha value is -3.07. The first-order valence-corrected chi connectivity index (χ1v) is 9.31. The average molecular weight is 375 g/mol. The molecule has 0 saturated carbocycles. The van der Waals surface area contributed by atoms with Gasteiger partial charge in [0, 0.05) is 19.2 Å². The topological polar surface area (TPSA) is 51.9 Å². The summed E-state index contributed by atoms with van der Waals surface area (Å²) in [5, 5.41) is 0.534. The van der Waals surface area contributed by atoms with Crippen molar-refractivity contribution < 1.29 is 13.9 Å². The number of hydrogen-bond donors (Lipinski definition) is 0. The van der Waals surface area contributed by atoms with Crippen LogP contribution in [0.25, 0.3) is 22.1 Å². The van der Waals surface area contributed by atoms with Gasteiger partial charge in [-0.15, -0.1) is 0 Å². The molecule has 4 rings (SSSR count). The molecule has 28 heavy (non-hydrogen) atoms. The van der Waals surface area contributed by atoms with Crippen molar-refractivity contribution in [2.75, 3.05) is 39.5 Å². The number of benzene rings is 2. The van der Waals surface area contributed by atoms with Gasteiger partial charge in [0.05, 0.1) is 30.7 Å². The van der Waals surface area contributed by atoms with Crippen molar-refractivity contribution >= 4 is 11.0 Å². The summed E-state index contributed by atoms with van der Waals surface area (Å²) in [6.07, 6.45) is 1.51. The van der Waals surface area contributed by atoms with E-state index in [2.05, 4.69) is 16.7 Å². The summed E-state index contributed by atoms with van der Waals surface area (Å²) in [4.78, 5) is 15.0. The lowest BCUT2D eigenvalue weighted by Crippen LogP contribution is -2.36. The van der Waals surface area contributed by atoms with E-state index in [0.29, 0.717) is 28.9 Å². The third-order valence-electron chi connectivity index (χ3n) is 4.67. The van der Waals surface area contributed by atoms with Gasteiger partial charge in [-0.2, -0.15) is 0 Å². The van der Waals surface area contributed by atoms with Crippen LogP contribution in [-0.4, -0.2) is 44.4 Å². The van der Waals surface area contributed by atoms with E-state index in [9.17, 15) is 4.79 Å². The third kappa shape index (κ3) is 4.25. The largest absolute Gasteiger partial charge is 0.481 e. The predicted molar refractivity (Wildman–Crippen MR) is 108 cm³/mol. The molecule has 1 fully saturated rings. The first-order valence-electron chi connectivity index (χ1n) is 9.31. The Balaban J connectivity index is 1.43. The lowest BCUT2D eigenvalue weighted by molar-refractivity contribution is 0.0443. The van der Waals surface area contributed by atoms with Gasteiger partial charge in [-0.25, -0.2) is 0 Å². The zero-order valence-electron chi connectivity index (χ0n) is 15.5. The minimum Gasteiger partial charge on any atom is -0.481 e. The maximum atomic E-state index is 12.8. The van der Waals surface area contributed by atoms with Crippen molar-refractivity contribution in [3.63, 3.8) is 0 Å². The van der Waals surface area contributed by atoms with Gasteiger partial charge >= 0.3 is 0 Å². The van der Waals surface area contributed by atoms with Crippen molar-refractivity contribution in [3.8, 4) is 28.7 Å². The molecule has 1 saturated heterocycles. The summed E-state index contributed by atoms with van der Waals surface area (Å²) in [5.74, 6) is 6.77. The second-order valence-corrected chi connectivity index (χ2v) is 6.53. The summed E-state index contributed by atoms with van der Waals surface area (Å²) in [6, 6.07) is 14.7. The van der Waals surface area contributed by atoms with Crippen LogP contribution >= 0.6 is 0 Å².